The number of halogens is 1. The van der Waals surface area contributed by atoms with E-state index in [-0.39, 0.29) is 11.8 Å². The Morgan fingerprint density at radius 1 is 1.38 bits per heavy atom. The fourth-order valence-corrected chi connectivity index (χ4v) is 2.45. The molecule has 0 saturated heterocycles. The van der Waals surface area contributed by atoms with Crippen molar-refractivity contribution in [3.05, 3.63) is 47.2 Å². The molecule has 0 aliphatic rings. The number of carbonyl (C=O) groups excluding carboxylic acids is 1. The lowest BCUT2D eigenvalue weighted by Crippen LogP contribution is -2.21. The summed E-state index contributed by atoms with van der Waals surface area (Å²) in [6, 6.07) is 7.66. The number of hydrogen-bond acceptors (Lipinski definition) is 2. The predicted molar refractivity (Wildman–Crippen MR) is 85.5 cm³/mol. The van der Waals surface area contributed by atoms with Crippen LogP contribution in [-0.4, -0.2) is 15.7 Å². The van der Waals surface area contributed by atoms with Crippen LogP contribution in [0.15, 0.2) is 36.7 Å². The molecule has 21 heavy (non-hydrogen) atoms. The molecule has 1 aromatic carbocycles. The van der Waals surface area contributed by atoms with Gasteiger partial charge in [0.25, 0.3) is 0 Å². The average Bonchev–Trinajstić information content (AvgIpc) is 2.87. The summed E-state index contributed by atoms with van der Waals surface area (Å²) in [5, 5.41) is 7.89. The van der Waals surface area contributed by atoms with Crippen LogP contribution in [0, 0.1) is 5.92 Å². The SMILES string of the molecule is CCC(CC)C(=O)Nc1cnn(Cc2cccc(Cl)c2)c1. The molecule has 1 amide bonds. The highest BCUT2D eigenvalue weighted by Gasteiger charge is 2.14. The van der Waals surface area contributed by atoms with Crippen LogP contribution in [0.3, 0.4) is 0 Å². The van der Waals surface area contributed by atoms with Gasteiger partial charge in [0.2, 0.25) is 5.91 Å². The first kappa shape index (κ1) is 15.6. The van der Waals surface area contributed by atoms with Crippen LogP contribution in [0.2, 0.25) is 5.02 Å². The van der Waals surface area contributed by atoms with Crippen LogP contribution in [0.1, 0.15) is 32.3 Å². The third-order valence-electron chi connectivity index (χ3n) is 3.49. The van der Waals surface area contributed by atoms with Crippen molar-refractivity contribution >= 4 is 23.2 Å². The molecule has 4 nitrogen and oxygen atoms in total. The Balaban J connectivity index is 2.00. The summed E-state index contributed by atoms with van der Waals surface area (Å²) < 4.78 is 1.79. The molecule has 0 fully saturated rings. The fraction of sp³-hybridized carbons (Fsp3) is 0.375. The van der Waals surface area contributed by atoms with E-state index in [2.05, 4.69) is 10.4 Å². The molecule has 1 aromatic heterocycles. The van der Waals surface area contributed by atoms with Crippen molar-refractivity contribution in [3.63, 3.8) is 0 Å². The molecule has 0 saturated carbocycles. The van der Waals surface area contributed by atoms with E-state index in [1.807, 2.05) is 44.3 Å². The van der Waals surface area contributed by atoms with Crippen molar-refractivity contribution in [2.45, 2.75) is 33.2 Å². The second kappa shape index (κ2) is 7.27. The lowest BCUT2D eigenvalue weighted by Gasteiger charge is -2.11. The summed E-state index contributed by atoms with van der Waals surface area (Å²) in [7, 11) is 0. The molecule has 0 aliphatic carbocycles. The van der Waals surface area contributed by atoms with Crippen LogP contribution in [0.5, 0.6) is 0 Å². The number of benzene rings is 1. The average molecular weight is 306 g/mol. The normalized spacial score (nSPS) is 10.9. The molecule has 0 aliphatic heterocycles. The van der Waals surface area contributed by atoms with Gasteiger partial charge in [0.1, 0.15) is 0 Å². The topological polar surface area (TPSA) is 46.9 Å². The van der Waals surface area contributed by atoms with E-state index >= 15 is 0 Å². The van der Waals surface area contributed by atoms with Gasteiger partial charge in [-0.25, -0.2) is 0 Å². The third-order valence-corrected chi connectivity index (χ3v) is 3.73. The molecule has 0 radical (unpaired) electrons. The van der Waals surface area contributed by atoms with E-state index in [1.165, 1.54) is 0 Å². The minimum atomic E-state index is 0.0567. The molecule has 2 rings (SSSR count). The summed E-state index contributed by atoms with van der Waals surface area (Å²) in [4.78, 5) is 12.0. The van der Waals surface area contributed by atoms with Crippen LogP contribution < -0.4 is 5.32 Å². The second-order valence-electron chi connectivity index (χ2n) is 5.06. The van der Waals surface area contributed by atoms with E-state index < -0.39 is 0 Å². The summed E-state index contributed by atoms with van der Waals surface area (Å²) in [5.74, 6) is 0.114. The number of hydrogen-bond donors (Lipinski definition) is 1. The maximum Gasteiger partial charge on any atom is 0.227 e. The van der Waals surface area contributed by atoms with Crippen molar-refractivity contribution in [3.8, 4) is 0 Å². The molecule has 0 bridgehead atoms. The molecule has 0 atom stereocenters. The highest BCUT2D eigenvalue weighted by molar-refractivity contribution is 6.30. The number of carbonyl (C=O) groups is 1. The zero-order valence-corrected chi connectivity index (χ0v) is 13.1. The molecule has 1 N–H and O–H groups in total. The fourth-order valence-electron chi connectivity index (χ4n) is 2.24. The molecule has 5 heteroatoms. The second-order valence-corrected chi connectivity index (χ2v) is 5.50. The lowest BCUT2D eigenvalue weighted by molar-refractivity contribution is -0.120. The lowest BCUT2D eigenvalue weighted by atomic mass is 10.0. The molecule has 1 heterocycles. The van der Waals surface area contributed by atoms with Crippen molar-refractivity contribution in [1.29, 1.82) is 0 Å². The first-order chi connectivity index (χ1) is 10.1. The summed E-state index contributed by atoms with van der Waals surface area (Å²) in [6.07, 6.45) is 5.20. The van der Waals surface area contributed by atoms with E-state index in [0.29, 0.717) is 11.6 Å². The quantitative estimate of drug-likeness (QED) is 0.878. The highest BCUT2D eigenvalue weighted by Crippen LogP contribution is 2.15. The zero-order chi connectivity index (χ0) is 15.2. The minimum absolute atomic E-state index is 0.0567. The molecule has 0 spiro atoms. The molecular formula is C16H20ClN3O. The largest absolute Gasteiger partial charge is 0.323 e. The minimum Gasteiger partial charge on any atom is -0.323 e. The van der Waals surface area contributed by atoms with Gasteiger partial charge in [0, 0.05) is 17.1 Å². The van der Waals surface area contributed by atoms with Gasteiger partial charge < -0.3 is 5.32 Å². The standard InChI is InChI=1S/C16H20ClN3O/c1-3-13(4-2)16(21)19-15-9-18-20(11-15)10-12-6-5-7-14(17)8-12/h5-9,11,13H,3-4,10H2,1-2H3,(H,19,21). The van der Waals surface area contributed by atoms with Crippen molar-refractivity contribution in [2.24, 2.45) is 5.92 Å². The zero-order valence-electron chi connectivity index (χ0n) is 12.3. The number of nitrogens with one attached hydrogen (secondary N) is 1. The van der Waals surface area contributed by atoms with Crippen molar-refractivity contribution < 1.29 is 4.79 Å². The van der Waals surface area contributed by atoms with E-state index in [0.717, 1.165) is 24.1 Å². The number of rotatable bonds is 6. The number of amides is 1. The van der Waals surface area contributed by atoms with Crippen LogP contribution >= 0.6 is 11.6 Å². The molecular weight excluding hydrogens is 286 g/mol. The molecule has 112 valence electrons. The van der Waals surface area contributed by atoms with Gasteiger partial charge >= 0.3 is 0 Å². The van der Waals surface area contributed by atoms with E-state index in [1.54, 1.807) is 10.9 Å². The Bertz CT molecular complexity index is 605. The molecule has 2 aromatic rings. The summed E-state index contributed by atoms with van der Waals surface area (Å²) in [6.45, 7) is 4.67. The Labute approximate surface area is 130 Å². The predicted octanol–water partition coefficient (Wildman–Crippen LogP) is 3.96. The van der Waals surface area contributed by atoms with E-state index in [9.17, 15) is 4.79 Å². The summed E-state index contributed by atoms with van der Waals surface area (Å²) in [5.41, 5.74) is 1.80. The Kier molecular flexibility index (Phi) is 5.39. The first-order valence-electron chi connectivity index (χ1n) is 7.20. The van der Waals surface area contributed by atoms with Crippen molar-refractivity contribution in [1.82, 2.24) is 9.78 Å². The van der Waals surface area contributed by atoms with Gasteiger partial charge in [-0.15, -0.1) is 0 Å². The number of aromatic nitrogens is 2. The van der Waals surface area contributed by atoms with Gasteiger partial charge in [0.15, 0.2) is 0 Å². The van der Waals surface area contributed by atoms with Crippen LogP contribution in [0.4, 0.5) is 5.69 Å². The van der Waals surface area contributed by atoms with Gasteiger partial charge in [-0.3, -0.25) is 9.48 Å². The number of nitrogens with zero attached hydrogens (tertiary/aromatic N) is 2. The van der Waals surface area contributed by atoms with Crippen molar-refractivity contribution in [2.75, 3.05) is 5.32 Å². The van der Waals surface area contributed by atoms with Gasteiger partial charge in [0.05, 0.1) is 18.4 Å². The third kappa shape index (κ3) is 4.33. The Morgan fingerprint density at radius 2 is 2.14 bits per heavy atom. The summed E-state index contributed by atoms with van der Waals surface area (Å²) >= 11 is 5.97. The van der Waals surface area contributed by atoms with Gasteiger partial charge in [-0.05, 0) is 30.5 Å². The number of anilines is 1. The smallest absolute Gasteiger partial charge is 0.227 e. The maximum atomic E-state index is 12.0. The van der Waals surface area contributed by atoms with Crippen LogP contribution in [-0.2, 0) is 11.3 Å². The Hall–Kier alpha value is -1.81. The van der Waals surface area contributed by atoms with E-state index in [4.69, 9.17) is 11.6 Å². The first-order valence-corrected chi connectivity index (χ1v) is 7.58. The highest BCUT2D eigenvalue weighted by atomic mass is 35.5. The van der Waals surface area contributed by atoms with Crippen LogP contribution in [0.25, 0.3) is 0 Å². The van der Waals surface area contributed by atoms with Gasteiger partial charge in [-0.2, -0.15) is 5.10 Å². The Morgan fingerprint density at radius 3 is 2.81 bits per heavy atom. The maximum absolute atomic E-state index is 12.0. The molecule has 0 unspecified atom stereocenters. The monoisotopic (exact) mass is 305 g/mol. The van der Waals surface area contributed by atoms with Gasteiger partial charge in [-0.1, -0.05) is 37.6 Å².